The maximum Gasteiger partial charge on any atom is 0.321 e. The highest BCUT2D eigenvalue weighted by molar-refractivity contribution is 6.07. The largest absolute Gasteiger partial charge is 0.465 e. The number of imidazole rings is 1. The van der Waals surface area contributed by atoms with Crippen molar-refractivity contribution in [2.75, 3.05) is 11.9 Å². The number of aromatic nitrogens is 2. The molecule has 0 unspecified atom stereocenters. The molecule has 0 radical (unpaired) electrons. The van der Waals surface area contributed by atoms with Crippen LogP contribution in [0.5, 0.6) is 0 Å². The van der Waals surface area contributed by atoms with Crippen LogP contribution in [0, 0.1) is 11.7 Å². The van der Waals surface area contributed by atoms with Gasteiger partial charge in [0.15, 0.2) is 5.92 Å². The van der Waals surface area contributed by atoms with E-state index in [0.717, 1.165) is 5.52 Å². The summed E-state index contributed by atoms with van der Waals surface area (Å²) in [6.07, 6.45) is 0. The molecule has 2 heterocycles. The lowest BCUT2D eigenvalue weighted by molar-refractivity contribution is -0.152. The van der Waals surface area contributed by atoms with Crippen LogP contribution in [-0.2, 0) is 14.3 Å². The molecule has 0 saturated heterocycles. The van der Waals surface area contributed by atoms with Crippen molar-refractivity contribution in [3.63, 3.8) is 0 Å². The number of nitrogens with one attached hydrogen (secondary N) is 1. The van der Waals surface area contributed by atoms with E-state index in [2.05, 4.69) is 10.3 Å². The van der Waals surface area contributed by atoms with Crippen molar-refractivity contribution in [1.29, 1.82) is 0 Å². The van der Waals surface area contributed by atoms with Crippen molar-refractivity contribution in [3.8, 4) is 0 Å². The fourth-order valence-corrected chi connectivity index (χ4v) is 3.39. The zero-order chi connectivity index (χ0) is 18.3. The summed E-state index contributed by atoms with van der Waals surface area (Å²) in [6.45, 7) is 1.82. The molecule has 7 heteroatoms. The number of fused-ring (bicyclic) bond motifs is 3. The van der Waals surface area contributed by atoms with E-state index in [1.165, 1.54) is 12.1 Å². The number of carbonyl (C=O) groups excluding carboxylic acids is 2. The summed E-state index contributed by atoms with van der Waals surface area (Å²) in [5, 5.41) is 2.67. The minimum atomic E-state index is -1.14. The highest BCUT2D eigenvalue weighted by atomic mass is 19.1. The average Bonchev–Trinajstić information content (AvgIpc) is 2.98. The number of hydrogen-bond acceptors (Lipinski definition) is 4. The first kappa shape index (κ1) is 16.3. The molecule has 3 aromatic rings. The SMILES string of the molecule is CCOC(=O)[C@@H]1C(=O)Nc2nc3ccccc3n2[C@H]1c1cccc(F)c1. The molecule has 0 fully saturated rings. The Morgan fingerprint density at radius 3 is 2.85 bits per heavy atom. The zero-order valence-electron chi connectivity index (χ0n) is 14.0. The first-order valence-corrected chi connectivity index (χ1v) is 8.30. The van der Waals surface area contributed by atoms with Crippen LogP contribution in [0.4, 0.5) is 10.3 Å². The van der Waals surface area contributed by atoms with Gasteiger partial charge in [-0.2, -0.15) is 0 Å². The number of carbonyl (C=O) groups is 2. The Kier molecular flexibility index (Phi) is 3.91. The van der Waals surface area contributed by atoms with Gasteiger partial charge in [-0.25, -0.2) is 9.37 Å². The second-order valence-corrected chi connectivity index (χ2v) is 6.01. The standard InChI is InChI=1S/C19H16FN3O3/c1-2-26-18(25)15-16(11-6-5-7-12(20)10-11)23-14-9-4-3-8-13(14)21-19(23)22-17(15)24/h3-10,15-16H,2H2,1H3,(H,21,22,24)/t15-,16-/m0/s1. The molecule has 6 nitrogen and oxygen atoms in total. The summed E-state index contributed by atoms with van der Waals surface area (Å²) in [4.78, 5) is 29.6. The molecule has 1 amide bonds. The molecular weight excluding hydrogens is 337 g/mol. The zero-order valence-corrected chi connectivity index (χ0v) is 14.0. The highest BCUT2D eigenvalue weighted by Gasteiger charge is 2.44. The van der Waals surface area contributed by atoms with Gasteiger partial charge in [-0.15, -0.1) is 0 Å². The van der Waals surface area contributed by atoms with Crippen LogP contribution in [0.1, 0.15) is 18.5 Å². The van der Waals surface area contributed by atoms with Gasteiger partial charge in [0.2, 0.25) is 11.9 Å². The molecule has 1 aromatic heterocycles. The number of anilines is 1. The highest BCUT2D eigenvalue weighted by Crippen LogP contribution is 2.38. The fourth-order valence-electron chi connectivity index (χ4n) is 3.39. The molecule has 1 N–H and O–H groups in total. The molecule has 2 atom stereocenters. The number of hydrogen-bond donors (Lipinski definition) is 1. The molecule has 26 heavy (non-hydrogen) atoms. The van der Waals surface area contributed by atoms with Crippen LogP contribution in [-0.4, -0.2) is 28.0 Å². The van der Waals surface area contributed by atoms with Crippen molar-refractivity contribution in [3.05, 3.63) is 59.9 Å². The Labute approximate surface area is 148 Å². The predicted molar refractivity (Wildman–Crippen MR) is 93.0 cm³/mol. The fraction of sp³-hybridized carbons (Fsp3) is 0.211. The number of esters is 1. The molecule has 132 valence electrons. The van der Waals surface area contributed by atoms with Gasteiger partial charge in [0.05, 0.1) is 23.7 Å². The van der Waals surface area contributed by atoms with Crippen molar-refractivity contribution in [2.45, 2.75) is 13.0 Å². The maximum absolute atomic E-state index is 13.9. The Morgan fingerprint density at radius 1 is 1.27 bits per heavy atom. The van der Waals surface area contributed by atoms with Gasteiger partial charge in [0.1, 0.15) is 5.82 Å². The number of benzene rings is 2. The lowest BCUT2D eigenvalue weighted by Crippen LogP contribution is -2.43. The molecule has 4 rings (SSSR count). The molecule has 2 aromatic carbocycles. The first-order chi connectivity index (χ1) is 12.6. The van der Waals surface area contributed by atoms with Crippen LogP contribution in [0.15, 0.2) is 48.5 Å². The summed E-state index contributed by atoms with van der Waals surface area (Å²) in [7, 11) is 0. The van der Waals surface area contributed by atoms with E-state index < -0.39 is 29.7 Å². The number of nitrogens with zero attached hydrogens (tertiary/aromatic N) is 2. The smallest absolute Gasteiger partial charge is 0.321 e. The third-order valence-corrected chi connectivity index (χ3v) is 4.44. The third kappa shape index (κ3) is 2.52. The van der Waals surface area contributed by atoms with Gasteiger partial charge in [-0.05, 0) is 36.8 Å². The Balaban J connectivity index is 1.97. The normalized spacial score (nSPS) is 19.1. The molecule has 1 aliphatic heterocycles. The second kappa shape index (κ2) is 6.25. The number of rotatable bonds is 3. The molecule has 0 bridgehead atoms. The number of ether oxygens (including phenoxy) is 1. The van der Waals surface area contributed by atoms with E-state index in [9.17, 15) is 14.0 Å². The lowest BCUT2D eigenvalue weighted by atomic mass is 9.90. The monoisotopic (exact) mass is 353 g/mol. The van der Waals surface area contributed by atoms with E-state index >= 15 is 0 Å². The van der Waals surface area contributed by atoms with Gasteiger partial charge >= 0.3 is 5.97 Å². The van der Waals surface area contributed by atoms with Crippen LogP contribution >= 0.6 is 0 Å². The quantitative estimate of drug-likeness (QED) is 0.580. The third-order valence-electron chi connectivity index (χ3n) is 4.44. The van der Waals surface area contributed by atoms with Crippen molar-refractivity contribution < 1.29 is 18.7 Å². The summed E-state index contributed by atoms with van der Waals surface area (Å²) in [5.74, 6) is -2.42. The summed E-state index contributed by atoms with van der Waals surface area (Å²) < 4.78 is 20.7. The van der Waals surface area contributed by atoms with Crippen molar-refractivity contribution in [2.24, 2.45) is 5.92 Å². The topological polar surface area (TPSA) is 73.2 Å². The minimum absolute atomic E-state index is 0.149. The maximum atomic E-state index is 13.9. The minimum Gasteiger partial charge on any atom is -0.465 e. The van der Waals surface area contributed by atoms with E-state index in [1.807, 2.05) is 24.3 Å². The van der Waals surface area contributed by atoms with Crippen LogP contribution in [0.25, 0.3) is 11.0 Å². The summed E-state index contributed by atoms with van der Waals surface area (Å²) >= 11 is 0. The first-order valence-electron chi connectivity index (χ1n) is 8.30. The van der Waals surface area contributed by atoms with E-state index in [4.69, 9.17) is 4.74 Å². The van der Waals surface area contributed by atoms with Crippen LogP contribution in [0.3, 0.4) is 0 Å². The number of amides is 1. The van der Waals surface area contributed by atoms with Crippen molar-refractivity contribution in [1.82, 2.24) is 9.55 Å². The Morgan fingerprint density at radius 2 is 2.08 bits per heavy atom. The van der Waals surface area contributed by atoms with Gasteiger partial charge < -0.3 is 9.30 Å². The summed E-state index contributed by atoms with van der Waals surface area (Å²) in [6, 6.07) is 12.5. The van der Waals surface area contributed by atoms with E-state index in [-0.39, 0.29) is 6.61 Å². The van der Waals surface area contributed by atoms with Gasteiger partial charge in [-0.3, -0.25) is 14.9 Å². The average molecular weight is 353 g/mol. The second-order valence-electron chi connectivity index (χ2n) is 6.01. The van der Waals surface area contributed by atoms with Crippen LogP contribution in [0.2, 0.25) is 0 Å². The van der Waals surface area contributed by atoms with Crippen molar-refractivity contribution >= 4 is 28.9 Å². The van der Waals surface area contributed by atoms with E-state index in [0.29, 0.717) is 17.0 Å². The van der Waals surface area contributed by atoms with Crippen LogP contribution < -0.4 is 5.32 Å². The molecule has 0 saturated carbocycles. The Hall–Kier alpha value is -3.22. The van der Waals surface area contributed by atoms with Gasteiger partial charge in [0, 0.05) is 0 Å². The molecular formula is C19H16FN3O3. The summed E-state index contributed by atoms with van der Waals surface area (Å²) in [5.41, 5.74) is 1.92. The molecule has 0 aliphatic carbocycles. The lowest BCUT2D eigenvalue weighted by Gasteiger charge is -2.32. The van der Waals surface area contributed by atoms with E-state index in [1.54, 1.807) is 23.6 Å². The predicted octanol–water partition coefficient (Wildman–Crippen LogP) is 2.90. The number of para-hydroxylation sites is 2. The van der Waals surface area contributed by atoms with Gasteiger partial charge in [0.25, 0.3) is 0 Å². The number of halogens is 1. The molecule has 0 spiro atoms. The Bertz CT molecular complexity index is 1010. The van der Waals surface area contributed by atoms with Gasteiger partial charge in [-0.1, -0.05) is 24.3 Å². The molecule has 1 aliphatic rings.